The molecule has 2 atom stereocenters. The lowest BCUT2D eigenvalue weighted by Gasteiger charge is -2.26. The summed E-state index contributed by atoms with van der Waals surface area (Å²) in [6.45, 7) is 0. The van der Waals surface area contributed by atoms with Crippen LogP contribution in [0.25, 0.3) is 0 Å². The molecule has 2 aromatic rings. The fraction of sp³-hybridized carbons (Fsp3) is 0.368. The summed E-state index contributed by atoms with van der Waals surface area (Å²) in [7, 11) is -2.87. The third-order valence-electron chi connectivity index (χ3n) is 5.29. The molecule has 0 aromatic heterocycles. The topological polar surface area (TPSA) is 122 Å². The molecule has 1 saturated carbocycles. The maximum Gasteiger partial charge on any atom is 0.214 e. The Labute approximate surface area is 190 Å². The molecule has 0 heterocycles. The number of sulfonamides is 1. The van der Waals surface area contributed by atoms with Crippen LogP contribution in [-0.2, 0) is 10.0 Å². The third-order valence-corrected chi connectivity index (χ3v) is 7.74. The second-order valence-electron chi connectivity index (χ2n) is 7.36. The Bertz CT molecular complexity index is 1110. The quantitative estimate of drug-likeness (QED) is 0.361. The average molecular weight is 572 g/mol. The number of nitrogens with two attached hydrogens (primary N) is 1. The van der Waals surface area contributed by atoms with Gasteiger partial charge in [0.15, 0.2) is 11.6 Å². The van der Waals surface area contributed by atoms with Gasteiger partial charge in [0.25, 0.3) is 0 Å². The Morgan fingerprint density at radius 2 is 1.87 bits per heavy atom. The van der Waals surface area contributed by atoms with E-state index in [9.17, 15) is 31.8 Å². The van der Waals surface area contributed by atoms with E-state index in [4.69, 9.17) is 9.88 Å². The summed E-state index contributed by atoms with van der Waals surface area (Å²) >= 11 is 1.87. The first-order valence-electron chi connectivity index (χ1n) is 9.06. The zero-order valence-electron chi connectivity index (χ0n) is 16.2. The van der Waals surface area contributed by atoms with Crippen LogP contribution < -0.4 is 15.2 Å². The normalized spacial score (nSPS) is 17.2. The van der Waals surface area contributed by atoms with Crippen LogP contribution in [-0.4, -0.2) is 36.6 Å². The molecule has 1 aliphatic carbocycles. The average Bonchev–Trinajstić information content (AvgIpc) is 3.47. The van der Waals surface area contributed by atoms with Crippen molar-refractivity contribution in [2.24, 2.45) is 5.14 Å². The minimum absolute atomic E-state index is 0.198. The molecule has 2 unspecified atom stereocenters. The fourth-order valence-corrected chi connectivity index (χ4v) is 4.88. The number of rotatable bonds is 8. The van der Waals surface area contributed by atoms with Crippen molar-refractivity contribution in [1.82, 2.24) is 0 Å². The minimum Gasteiger partial charge on any atom is -0.496 e. The number of ether oxygens (including phenoxy) is 1. The van der Waals surface area contributed by atoms with Crippen LogP contribution in [0.5, 0.6) is 5.75 Å². The molecule has 0 radical (unpaired) electrons. The van der Waals surface area contributed by atoms with Crippen LogP contribution >= 0.6 is 22.6 Å². The van der Waals surface area contributed by atoms with E-state index in [1.54, 1.807) is 0 Å². The van der Waals surface area contributed by atoms with Crippen molar-refractivity contribution in [3.8, 4) is 5.75 Å². The van der Waals surface area contributed by atoms with Crippen molar-refractivity contribution in [3.05, 3.63) is 50.9 Å². The van der Waals surface area contributed by atoms with Gasteiger partial charge in [-0.25, -0.2) is 26.7 Å². The highest BCUT2D eigenvalue weighted by atomic mass is 127. The molecule has 7 nitrogen and oxygen atoms in total. The van der Waals surface area contributed by atoms with Crippen molar-refractivity contribution in [2.75, 3.05) is 12.4 Å². The first kappa shape index (κ1) is 24.0. The minimum atomic E-state index is -4.00. The summed E-state index contributed by atoms with van der Waals surface area (Å²) in [5.74, 6) is -3.85. The highest BCUT2D eigenvalue weighted by molar-refractivity contribution is 14.1. The van der Waals surface area contributed by atoms with E-state index in [1.807, 2.05) is 22.6 Å². The number of benzene rings is 2. The lowest BCUT2D eigenvalue weighted by Crippen LogP contribution is -2.36. The molecule has 0 bridgehead atoms. The SMILES string of the molecule is COc1cc(F)c(F)c(Nc2ccc(I)cc2F)c1C(O)C(O)CC1(S(N)(=O)=O)CC1. The number of hydrogen-bond donors (Lipinski definition) is 4. The first-order valence-corrected chi connectivity index (χ1v) is 11.7. The molecule has 5 N–H and O–H groups in total. The van der Waals surface area contributed by atoms with Gasteiger partial charge in [0.1, 0.15) is 17.7 Å². The summed E-state index contributed by atoms with van der Waals surface area (Å²) in [4.78, 5) is 0. The van der Waals surface area contributed by atoms with Crippen molar-refractivity contribution < 1.29 is 36.5 Å². The second-order valence-corrected chi connectivity index (χ2v) is 10.6. The Hall–Kier alpha value is -1.61. The number of primary sulfonamides is 1. The van der Waals surface area contributed by atoms with Crippen molar-refractivity contribution >= 4 is 44.0 Å². The van der Waals surface area contributed by atoms with E-state index >= 15 is 0 Å². The molecule has 31 heavy (non-hydrogen) atoms. The van der Waals surface area contributed by atoms with Gasteiger partial charge in [-0.3, -0.25) is 0 Å². The monoisotopic (exact) mass is 572 g/mol. The Balaban J connectivity index is 2.04. The molecule has 0 amide bonds. The van der Waals surface area contributed by atoms with Gasteiger partial charge in [-0.15, -0.1) is 0 Å². The predicted molar refractivity (Wildman–Crippen MR) is 116 cm³/mol. The maximum absolute atomic E-state index is 14.7. The number of anilines is 2. The lowest BCUT2D eigenvalue weighted by molar-refractivity contribution is 0.0107. The van der Waals surface area contributed by atoms with E-state index in [1.165, 1.54) is 12.1 Å². The molecule has 1 fully saturated rings. The molecule has 0 saturated heterocycles. The number of aliphatic hydroxyl groups is 2. The van der Waals surface area contributed by atoms with Gasteiger partial charge in [-0.2, -0.15) is 0 Å². The number of methoxy groups -OCH3 is 1. The first-order chi connectivity index (χ1) is 14.4. The van der Waals surface area contributed by atoms with Gasteiger partial charge in [0, 0.05) is 9.64 Å². The molecule has 12 heteroatoms. The number of hydrogen-bond acceptors (Lipinski definition) is 6. The van der Waals surface area contributed by atoms with Crippen molar-refractivity contribution in [2.45, 2.75) is 36.2 Å². The highest BCUT2D eigenvalue weighted by Gasteiger charge is 2.54. The maximum atomic E-state index is 14.7. The van der Waals surface area contributed by atoms with Crippen LogP contribution in [0, 0.1) is 21.0 Å². The molecule has 0 aliphatic heterocycles. The third kappa shape index (κ3) is 4.77. The zero-order chi connectivity index (χ0) is 23.1. The zero-order valence-corrected chi connectivity index (χ0v) is 19.2. The highest BCUT2D eigenvalue weighted by Crippen LogP contribution is 2.48. The molecule has 3 rings (SSSR count). The smallest absolute Gasteiger partial charge is 0.214 e. The number of halogens is 4. The summed E-state index contributed by atoms with van der Waals surface area (Å²) in [6, 6.07) is 4.64. The van der Waals surface area contributed by atoms with E-state index in [2.05, 4.69) is 5.32 Å². The summed E-state index contributed by atoms with van der Waals surface area (Å²) < 4.78 is 71.0. The summed E-state index contributed by atoms with van der Waals surface area (Å²) in [6.07, 6.45) is -3.63. The van der Waals surface area contributed by atoms with E-state index in [0.29, 0.717) is 9.64 Å². The van der Waals surface area contributed by atoms with E-state index in [0.717, 1.165) is 13.2 Å². The Morgan fingerprint density at radius 3 is 2.39 bits per heavy atom. The number of nitrogens with one attached hydrogen (secondary N) is 1. The van der Waals surface area contributed by atoms with Crippen LogP contribution in [0.2, 0.25) is 0 Å². The van der Waals surface area contributed by atoms with Crippen molar-refractivity contribution in [1.29, 1.82) is 0 Å². The largest absolute Gasteiger partial charge is 0.496 e. The van der Waals surface area contributed by atoms with Crippen LogP contribution in [0.15, 0.2) is 24.3 Å². The summed E-state index contributed by atoms with van der Waals surface area (Å²) in [5.41, 5.74) is -1.25. The molecule has 1 aliphatic rings. The van der Waals surface area contributed by atoms with Crippen molar-refractivity contribution in [3.63, 3.8) is 0 Å². The Kier molecular flexibility index (Phi) is 6.77. The standard InChI is InChI=1S/C19H20F3IN2O5S/c1-30-14-7-11(21)16(22)17(25-12-3-2-9(23)6-10(12)20)15(14)18(27)13(26)8-19(4-5-19)31(24,28)29/h2-3,6-7,13,18,25-27H,4-5,8H2,1H3,(H2,24,28,29). The predicted octanol–water partition coefficient (Wildman–Crippen LogP) is 3.07. The van der Waals surface area contributed by atoms with E-state index < -0.39 is 62.1 Å². The molecular weight excluding hydrogens is 552 g/mol. The van der Waals surface area contributed by atoms with Gasteiger partial charge < -0.3 is 20.3 Å². The molecule has 0 spiro atoms. The summed E-state index contributed by atoms with van der Waals surface area (Å²) in [5, 5.41) is 28.9. The fourth-order valence-electron chi connectivity index (χ4n) is 3.36. The Morgan fingerprint density at radius 1 is 1.23 bits per heavy atom. The van der Waals surface area contributed by atoms with Gasteiger partial charge in [-0.1, -0.05) is 0 Å². The molecule has 170 valence electrons. The van der Waals surface area contributed by atoms with Gasteiger partial charge in [-0.05, 0) is 60.1 Å². The van der Waals surface area contributed by atoms with Crippen LogP contribution in [0.3, 0.4) is 0 Å². The molecular formula is C19H20F3IN2O5S. The van der Waals surface area contributed by atoms with E-state index in [-0.39, 0.29) is 24.3 Å². The van der Waals surface area contributed by atoms with Crippen LogP contribution in [0.4, 0.5) is 24.5 Å². The molecule has 2 aromatic carbocycles. The number of aliphatic hydroxyl groups excluding tert-OH is 2. The van der Waals surface area contributed by atoms with Crippen LogP contribution in [0.1, 0.15) is 30.9 Å². The lowest BCUT2D eigenvalue weighted by atomic mass is 9.96. The van der Waals surface area contributed by atoms with Gasteiger partial charge in [0.05, 0.1) is 34.9 Å². The van der Waals surface area contributed by atoms with Gasteiger partial charge in [0.2, 0.25) is 10.0 Å². The van der Waals surface area contributed by atoms with Gasteiger partial charge >= 0.3 is 0 Å². The second kappa shape index (κ2) is 8.73.